The van der Waals surface area contributed by atoms with E-state index in [0.717, 1.165) is 28.3 Å². The molecule has 0 aromatic heterocycles. The SMILES string of the molecule is CCCCNC(=O)[C@H](C)N(Cc1cccc(OC)c1)C(=O)CN(c1ccc(C)cc1)S(=O)(=O)c1ccc(OC)cc1. The van der Waals surface area contributed by atoms with Crippen LogP contribution in [0.4, 0.5) is 5.69 Å². The van der Waals surface area contributed by atoms with E-state index in [9.17, 15) is 18.0 Å². The van der Waals surface area contributed by atoms with Gasteiger partial charge in [-0.25, -0.2) is 8.42 Å². The number of nitrogens with one attached hydrogen (secondary N) is 1. The van der Waals surface area contributed by atoms with Gasteiger partial charge >= 0.3 is 0 Å². The van der Waals surface area contributed by atoms with Crippen molar-refractivity contribution in [1.82, 2.24) is 10.2 Å². The molecule has 0 bridgehead atoms. The Morgan fingerprint density at radius 1 is 0.927 bits per heavy atom. The highest BCUT2D eigenvalue weighted by atomic mass is 32.2. The minimum atomic E-state index is -4.16. The molecule has 9 nitrogen and oxygen atoms in total. The van der Waals surface area contributed by atoms with Crippen LogP contribution >= 0.6 is 0 Å². The van der Waals surface area contributed by atoms with Gasteiger partial charge in [0.2, 0.25) is 11.8 Å². The van der Waals surface area contributed by atoms with Crippen molar-refractivity contribution in [2.45, 2.75) is 51.1 Å². The molecule has 0 aliphatic heterocycles. The van der Waals surface area contributed by atoms with Crippen molar-refractivity contribution in [3.8, 4) is 11.5 Å². The van der Waals surface area contributed by atoms with Crippen LogP contribution in [0.15, 0.2) is 77.7 Å². The number of carbonyl (C=O) groups is 2. The molecular weight excluding hydrogens is 542 g/mol. The Bertz CT molecular complexity index is 1410. The Morgan fingerprint density at radius 3 is 2.20 bits per heavy atom. The first-order chi connectivity index (χ1) is 19.6. The van der Waals surface area contributed by atoms with Crippen LogP contribution in [-0.2, 0) is 26.2 Å². The number of ether oxygens (including phenoxy) is 2. The molecule has 0 spiro atoms. The summed E-state index contributed by atoms with van der Waals surface area (Å²) in [6.07, 6.45) is 1.72. The van der Waals surface area contributed by atoms with E-state index in [1.165, 1.54) is 24.1 Å². The summed E-state index contributed by atoms with van der Waals surface area (Å²) in [5.41, 5.74) is 2.02. The van der Waals surface area contributed by atoms with Gasteiger partial charge in [-0.2, -0.15) is 0 Å². The van der Waals surface area contributed by atoms with Gasteiger partial charge < -0.3 is 19.7 Å². The Hall–Kier alpha value is -4.05. The predicted octanol–water partition coefficient (Wildman–Crippen LogP) is 4.54. The van der Waals surface area contributed by atoms with Gasteiger partial charge in [-0.05, 0) is 74.4 Å². The second-order valence-corrected chi connectivity index (χ2v) is 11.6. The third-order valence-corrected chi connectivity index (χ3v) is 8.52. The summed E-state index contributed by atoms with van der Waals surface area (Å²) < 4.78 is 39.4. The number of carbonyl (C=O) groups excluding carboxylic acids is 2. The van der Waals surface area contributed by atoms with Crippen LogP contribution in [0.3, 0.4) is 0 Å². The lowest BCUT2D eigenvalue weighted by atomic mass is 10.1. The molecule has 0 saturated carbocycles. The normalized spacial score (nSPS) is 11.8. The molecule has 0 saturated heterocycles. The van der Waals surface area contributed by atoms with Gasteiger partial charge in [-0.15, -0.1) is 0 Å². The molecule has 0 fully saturated rings. The summed E-state index contributed by atoms with van der Waals surface area (Å²) >= 11 is 0. The van der Waals surface area contributed by atoms with Crippen molar-refractivity contribution in [3.05, 3.63) is 83.9 Å². The molecule has 0 aliphatic carbocycles. The van der Waals surface area contributed by atoms with Crippen LogP contribution in [0.25, 0.3) is 0 Å². The molecule has 0 radical (unpaired) electrons. The van der Waals surface area contributed by atoms with Crippen LogP contribution in [0.5, 0.6) is 11.5 Å². The molecular formula is C31H39N3O6S. The standard InChI is InChI=1S/C31H39N3O6S/c1-6-7-19-32-31(36)24(3)33(21-25-9-8-10-28(20-25)40-5)30(35)22-34(26-13-11-23(2)12-14-26)41(37,38)29-17-15-27(39-4)16-18-29/h8-18,20,24H,6-7,19,21-22H2,1-5H3,(H,32,36)/t24-/m0/s1. The van der Waals surface area contributed by atoms with Crippen LogP contribution in [0, 0.1) is 6.92 Å². The van der Waals surface area contributed by atoms with Gasteiger partial charge in [-0.1, -0.05) is 43.2 Å². The molecule has 3 rings (SSSR count). The number of sulfonamides is 1. The summed E-state index contributed by atoms with van der Waals surface area (Å²) in [7, 11) is -1.11. The van der Waals surface area contributed by atoms with Crippen molar-refractivity contribution >= 4 is 27.5 Å². The molecule has 10 heteroatoms. The van der Waals surface area contributed by atoms with Gasteiger partial charge in [0.1, 0.15) is 24.1 Å². The molecule has 220 valence electrons. The van der Waals surface area contributed by atoms with Crippen molar-refractivity contribution in [3.63, 3.8) is 0 Å². The number of unbranched alkanes of at least 4 members (excludes halogenated alkanes) is 1. The summed E-state index contributed by atoms with van der Waals surface area (Å²) in [4.78, 5) is 28.5. The van der Waals surface area contributed by atoms with Crippen LogP contribution in [0.1, 0.15) is 37.8 Å². The lowest BCUT2D eigenvalue weighted by Gasteiger charge is -2.32. The van der Waals surface area contributed by atoms with Gasteiger partial charge in [0.25, 0.3) is 10.0 Å². The van der Waals surface area contributed by atoms with Crippen molar-refractivity contribution < 1.29 is 27.5 Å². The zero-order valence-electron chi connectivity index (χ0n) is 24.3. The number of hydrogen-bond donors (Lipinski definition) is 1. The smallest absolute Gasteiger partial charge is 0.264 e. The Morgan fingerprint density at radius 2 is 1.59 bits per heavy atom. The maximum Gasteiger partial charge on any atom is 0.264 e. The highest BCUT2D eigenvalue weighted by molar-refractivity contribution is 7.92. The first-order valence-corrected chi connectivity index (χ1v) is 15.0. The van der Waals surface area contributed by atoms with E-state index in [4.69, 9.17) is 9.47 Å². The van der Waals surface area contributed by atoms with Crippen LogP contribution in [0.2, 0.25) is 0 Å². The highest BCUT2D eigenvalue weighted by Gasteiger charge is 2.32. The molecule has 3 aromatic carbocycles. The molecule has 0 unspecified atom stereocenters. The third kappa shape index (κ3) is 8.23. The van der Waals surface area contributed by atoms with Gasteiger partial charge in [-0.3, -0.25) is 13.9 Å². The fourth-order valence-electron chi connectivity index (χ4n) is 4.20. The maximum absolute atomic E-state index is 14.0. The molecule has 1 atom stereocenters. The summed E-state index contributed by atoms with van der Waals surface area (Å²) in [6, 6.07) is 19.2. The first kappa shape index (κ1) is 31.5. The van der Waals surface area contributed by atoms with Gasteiger partial charge in [0, 0.05) is 13.1 Å². The lowest BCUT2D eigenvalue weighted by Crippen LogP contribution is -2.51. The molecule has 0 aliphatic rings. The molecule has 2 amide bonds. The number of methoxy groups -OCH3 is 2. The maximum atomic E-state index is 14.0. The second-order valence-electron chi connectivity index (χ2n) is 9.72. The highest BCUT2D eigenvalue weighted by Crippen LogP contribution is 2.26. The monoisotopic (exact) mass is 581 g/mol. The summed E-state index contributed by atoms with van der Waals surface area (Å²) in [5, 5.41) is 2.88. The molecule has 3 aromatic rings. The predicted molar refractivity (Wildman–Crippen MR) is 160 cm³/mol. The Balaban J connectivity index is 2.00. The van der Waals surface area contributed by atoms with E-state index < -0.39 is 28.5 Å². The number of amides is 2. The van der Waals surface area contributed by atoms with Crippen LogP contribution < -0.4 is 19.1 Å². The quantitative estimate of drug-likeness (QED) is 0.280. The van der Waals surface area contributed by atoms with Crippen molar-refractivity contribution in [1.29, 1.82) is 0 Å². The minimum Gasteiger partial charge on any atom is -0.497 e. The number of benzene rings is 3. The fourth-order valence-corrected chi connectivity index (χ4v) is 5.62. The van der Waals surface area contributed by atoms with Gasteiger partial charge in [0.05, 0.1) is 24.8 Å². The number of anilines is 1. The van der Waals surface area contributed by atoms with E-state index in [0.29, 0.717) is 23.7 Å². The number of hydrogen-bond acceptors (Lipinski definition) is 6. The lowest BCUT2D eigenvalue weighted by molar-refractivity contribution is -0.139. The largest absolute Gasteiger partial charge is 0.497 e. The number of rotatable bonds is 14. The first-order valence-electron chi connectivity index (χ1n) is 13.5. The molecule has 1 N–H and O–H groups in total. The molecule has 41 heavy (non-hydrogen) atoms. The Labute approximate surface area is 243 Å². The summed E-state index contributed by atoms with van der Waals surface area (Å²) in [6.45, 7) is 5.63. The zero-order valence-corrected chi connectivity index (χ0v) is 25.1. The number of aryl methyl sites for hydroxylation is 1. The minimum absolute atomic E-state index is 0.0105. The van der Waals surface area contributed by atoms with E-state index in [1.807, 2.05) is 19.9 Å². The Kier molecular flexibility index (Phi) is 11.2. The van der Waals surface area contributed by atoms with Gasteiger partial charge in [0.15, 0.2) is 0 Å². The molecule has 0 heterocycles. The topological polar surface area (TPSA) is 105 Å². The third-order valence-electron chi connectivity index (χ3n) is 6.73. The van der Waals surface area contributed by atoms with E-state index in [2.05, 4.69) is 5.32 Å². The van der Waals surface area contributed by atoms with Crippen LogP contribution in [-0.4, -0.2) is 58.5 Å². The number of nitrogens with zero attached hydrogens (tertiary/aromatic N) is 2. The van der Waals surface area contributed by atoms with E-state index in [-0.39, 0.29) is 17.3 Å². The van der Waals surface area contributed by atoms with E-state index in [1.54, 1.807) is 68.6 Å². The fraction of sp³-hybridized carbons (Fsp3) is 0.355. The van der Waals surface area contributed by atoms with E-state index >= 15 is 0 Å². The summed E-state index contributed by atoms with van der Waals surface area (Å²) in [5.74, 6) is 0.283. The van der Waals surface area contributed by atoms with Crippen molar-refractivity contribution in [2.75, 3.05) is 31.6 Å². The van der Waals surface area contributed by atoms with Crippen molar-refractivity contribution in [2.24, 2.45) is 0 Å². The second kappa shape index (κ2) is 14.5. The average molecular weight is 582 g/mol. The average Bonchev–Trinajstić information content (AvgIpc) is 2.98. The zero-order chi connectivity index (χ0) is 30.0.